The molecule has 3 fully saturated rings. The van der Waals surface area contributed by atoms with Gasteiger partial charge in [-0.3, -0.25) is 0 Å². The van der Waals surface area contributed by atoms with Gasteiger partial charge >= 0.3 is 6.09 Å². The molecule has 2 aliphatic heterocycles. The highest BCUT2D eigenvalue weighted by Gasteiger charge is 2.72. The lowest BCUT2D eigenvalue weighted by Crippen LogP contribution is -2.56. The molecule has 1 amide bonds. The van der Waals surface area contributed by atoms with Gasteiger partial charge in [0.15, 0.2) is 6.29 Å². The van der Waals surface area contributed by atoms with Gasteiger partial charge in [-0.25, -0.2) is 4.79 Å². The first-order chi connectivity index (χ1) is 15.7. The number of rotatable bonds is 13. The van der Waals surface area contributed by atoms with Crippen LogP contribution in [0.25, 0.3) is 0 Å². The Morgan fingerprint density at radius 2 is 2.00 bits per heavy atom. The van der Waals surface area contributed by atoms with Crippen molar-refractivity contribution < 1.29 is 33.6 Å². The van der Waals surface area contributed by atoms with Gasteiger partial charge in [0.1, 0.15) is 23.4 Å². The van der Waals surface area contributed by atoms with E-state index in [2.05, 4.69) is 26.1 Å². The van der Waals surface area contributed by atoms with E-state index in [0.29, 0.717) is 31.9 Å². The third-order valence-corrected chi connectivity index (χ3v) is 7.62. The maximum absolute atomic E-state index is 12.8. The Labute approximate surface area is 198 Å². The van der Waals surface area contributed by atoms with Crippen LogP contribution in [0.5, 0.6) is 0 Å². The molecule has 5 unspecified atom stereocenters. The van der Waals surface area contributed by atoms with E-state index in [1.807, 2.05) is 0 Å². The van der Waals surface area contributed by atoms with Crippen LogP contribution in [0, 0.1) is 11.8 Å². The second-order valence-electron chi connectivity index (χ2n) is 10.4. The zero-order valence-electron chi connectivity index (χ0n) is 20.9. The molecule has 0 radical (unpaired) electrons. The molecule has 9 heteroatoms. The van der Waals surface area contributed by atoms with Crippen molar-refractivity contribution in [3.8, 4) is 0 Å². The number of alkyl carbamates (subject to hydrolysis) is 1. The summed E-state index contributed by atoms with van der Waals surface area (Å²) in [6, 6.07) is -0.572. The SMILES string of the molecule is COC(O)C(CCCCN)NC(=O)OC1CC[C@]2(CO2)C([C@@]2(C)O[C@@H]2CCC(C)C)C1OC. The molecular weight excluding hydrogens is 428 g/mol. The molecule has 0 aromatic rings. The molecule has 0 aromatic heterocycles. The van der Waals surface area contributed by atoms with Gasteiger partial charge in [-0.1, -0.05) is 13.8 Å². The predicted octanol–water partition coefficient (Wildman–Crippen LogP) is 2.33. The number of epoxide rings is 2. The number of hydrogen-bond acceptors (Lipinski definition) is 8. The van der Waals surface area contributed by atoms with Crippen LogP contribution in [-0.2, 0) is 23.7 Å². The van der Waals surface area contributed by atoms with E-state index in [1.165, 1.54) is 7.11 Å². The quantitative estimate of drug-likeness (QED) is 0.212. The Morgan fingerprint density at radius 3 is 2.58 bits per heavy atom. The molecule has 192 valence electrons. The van der Waals surface area contributed by atoms with Crippen LogP contribution >= 0.6 is 0 Å². The van der Waals surface area contributed by atoms with Gasteiger partial charge in [-0.15, -0.1) is 0 Å². The fourth-order valence-electron chi connectivity index (χ4n) is 5.56. The molecule has 2 saturated heterocycles. The van der Waals surface area contributed by atoms with Crippen LogP contribution in [-0.4, -0.2) is 80.4 Å². The summed E-state index contributed by atoms with van der Waals surface area (Å²) in [4.78, 5) is 12.8. The highest BCUT2D eigenvalue weighted by molar-refractivity contribution is 5.68. The fourth-order valence-corrected chi connectivity index (χ4v) is 5.56. The van der Waals surface area contributed by atoms with Crippen LogP contribution < -0.4 is 11.1 Å². The topological polar surface area (TPSA) is 128 Å². The van der Waals surface area contributed by atoms with Crippen LogP contribution in [0.2, 0.25) is 0 Å². The number of aliphatic hydroxyl groups excluding tert-OH is 1. The molecule has 0 bridgehead atoms. The Hall–Kier alpha value is -0.970. The second kappa shape index (κ2) is 11.2. The number of carbonyl (C=O) groups excluding carboxylic acids is 1. The third-order valence-electron chi connectivity index (χ3n) is 7.62. The van der Waals surface area contributed by atoms with Crippen LogP contribution in [0.4, 0.5) is 4.79 Å². The summed E-state index contributed by atoms with van der Waals surface area (Å²) in [5, 5.41) is 12.9. The van der Waals surface area contributed by atoms with Crippen molar-refractivity contribution in [2.75, 3.05) is 27.4 Å². The predicted molar refractivity (Wildman–Crippen MR) is 123 cm³/mol. The fraction of sp³-hybridized carbons (Fsp3) is 0.958. The molecule has 0 aromatic carbocycles. The van der Waals surface area contributed by atoms with Crippen LogP contribution in [0.15, 0.2) is 0 Å². The van der Waals surface area contributed by atoms with Crippen molar-refractivity contribution in [3.05, 3.63) is 0 Å². The van der Waals surface area contributed by atoms with Crippen molar-refractivity contribution in [1.29, 1.82) is 0 Å². The summed E-state index contributed by atoms with van der Waals surface area (Å²) < 4.78 is 29.0. The van der Waals surface area contributed by atoms with E-state index in [9.17, 15) is 9.90 Å². The number of hydrogen-bond donors (Lipinski definition) is 3. The molecule has 1 saturated carbocycles. The molecule has 3 rings (SSSR count). The molecule has 3 aliphatic rings. The zero-order chi connectivity index (χ0) is 24.2. The van der Waals surface area contributed by atoms with Gasteiger partial charge in [-0.2, -0.15) is 0 Å². The lowest BCUT2D eigenvalue weighted by molar-refractivity contribution is -0.122. The first-order valence-electron chi connectivity index (χ1n) is 12.4. The van der Waals surface area contributed by atoms with Gasteiger partial charge in [0, 0.05) is 14.2 Å². The van der Waals surface area contributed by atoms with Gasteiger partial charge < -0.3 is 39.8 Å². The summed E-state index contributed by atoms with van der Waals surface area (Å²) in [6.45, 7) is 7.83. The maximum Gasteiger partial charge on any atom is 0.407 e. The Balaban J connectivity index is 1.64. The Morgan fingerprint density at radius 1 is 1.27 bits per heavy atom. The van der Waals surface area contributed by atoms with Gasteiger partial charge in [0.2, 0.25) is 0 Å². The van der Waals surface area contributed by atoms with E-state index in [1.54, 1.807) is 7.11 Å². The summed E-state index contributed by atoms with van der Waals surface area (Å²) in [5.74, 6) is 0.609. The minimum absolute atomic E-state index is 0.0105. The minimum Gasteiger partial charge on any atom is -0.443 e. The first kappa shape index (κ1) is 26.6. The molecule has 2 heterocycles. The highest BCUT2D eigenvalue weighted by Crippen LogP contribution is 2.59. The van der Waals surface area contributed by atoms with Gasteiger partial charge in [0.05, 0.1) is 24.7 Å². The molecule has 9 nitrogen and oxygen atoms in total. The van der Waals surface area contributed by atoms with Crippen molar-refractivity contribution in [2.45, 2.75) is 108 Å². The first-order valence-corrected chi connectivity index (χ1v) is 12.4. The molecule has 1 aliphatic carbocycles. The lowest BCUT2D eigenvalue weighted by atomic mass is 9.68. The average molecular weight is 473 g/mol. The number of nitrogens with one attached hydrogen (secondary N) is 1. The maximum atomic E-state index is 12.8. The van der Waals surface area contributed by atoms with E-state index >= 15 is 0 Å². The zero-order valence-corrected chi connectivity index (χ0v) is 20.9. The third kappa shape index (κ3) is 6.18. The Bertz CT molecular complexity index is 644. The van der Waals surface area contributed by atoms with Crippen molar-refractivity contribution in [3.63, 3.8) is 0 Å². The van der Waals surface area contributed by atoms with Crippen molar-refractivity contribution in [1.82, 2.24) is 5.32 Å². The summed E-state index contributed by atoms with van der Waals surface area (Å²) in [5.41, 5.74) is 4.96. The molecule has 8 atom stereocenters. The van der Waals surface area contributed by atoms with E-state index in [0.717, 1.165) is 32.1 Å². The minimum atomic E-state index is -1.11. The normalized spacial score (nSPS) is 37.1. The molecular formula is C24H44N2O7. The summed E-state index contributed by atoms with van der Waals surface area (Å²) in [7, 11) is 3.06. The number of nitrogens with two attached hydrogens (primary N) is 1. The smallest absolute Gasteiger partial charge is 0.407 e. The van der Waals surface area contributed by atoms with Crippen molar-refractivity contribution in [2.24, 2.45) is 17.6 Å². The monoisotopic (exact) mass is 472 g/mol. The number of methoxy groups -OCH3 is 2. The number of ether oxygens (including phenoxy) is 5. The summed E-state index contributed by atoms with van der Waals surface area (Å²) >= 11 is 0. The number of amides is 1. The molecule has 4 N–H and O–H groups in total. The van der Waals surface area contributed by atoms with E-state index in [4.69, 9.17) is 29.4 Å². The van der Waals surface area contributed by atoms with E-state index < -0.39 is 24.5 Å². The van der Waals surface area contributed by atoms with Gasteiger partial charge in [-0.05, 0) is 64.3 Å². The van der Waals surface area contributed by atoms with Crippen LogP contribution in [0.3, 0.4) is 0 Å². The number of unbranched alkanes of at least 4 members (excludes halogenated alkanes) is 1. The number of aliphatic hydroxyl groups is 1. The average Bonchev–Trinajstić information content (AvgIpc) is 3.69. The molecule has 33 heavy (non-hydrogen) atoms. The van der Waals surface area contributed by atoms with Crippen molar-refractivity contribution >= 4 is 6.09 Å². The standard InChI is InChI=1S/C24H44N2O7/c1-15(2)9-10-18-23(3,33-18)20-19(29-4)17(11-12-24(20)14-31-24)32-22(28)26-16(21(27)30-5)8-6-7-13-25/h15-21,27H,6-14,25H2,1-5H3,(H,26,28)/t16?,17?,18-,19?,20?,21?,23+,24+/m1/s1. The van der Waals surface area contributed by atoms with E-state index in [-0.39, 0.29) is 29.3 Å². The van der Waals surface area contributed by atoms with Gasteiger partial charge in [0.25, 0.3) is 0 Å². The van der Waals surface area contributed by atoms with Crippen LogP contribution in [0.1, 0.15) is 65.7 Å². The summed E-state index contributed by atoms with van der Waals surface area (Å²) in [6.07, 6.45) is 3.39. The second-order valence-corrected chi connectivity index (χ2v) is 10.4. The lowest BCUT2D eigenvalue weighted by Gasteiger charge is -2.42. The largest absolute Gasteiger partial charge is 0.443 e. The Kier molecular flexibility index (Phi) is 9.02. The number of carbonyl (C=O) groups is 1. The molecule has 1 spiro atoms. The highest BCUT2D eigenvalue weighted by atomic mass is 16.6.